The van der Waals surface area contributed by atoms with Crippen molar-refractivity contribution in [3.05, 3.63) is 54.7 Å². The molecule has 9 heteroatoms. The van der Waals surface area contributed by atoms with E-state index < -0.39 is 0 Å². The molecule has 8 nitrogen and oxygen atoms in total. The van der Waals surface area contributed by atoms with Crippen LogP contribution in [0.5, 0.6) is 0 Å². The number of hydrogen-bond acceptors (Lipinski definition) is 6. The highest BCUT2D eigenvalue weighted by Gasteiger charge is 2.25. The standard InChI is InChI=1S/C26H30N6O2S/c1-17(25(33)28-18-10-12-19(13-11-18)31(2)3)35-26-30-29-24(32(26)16-20-7-6-14-34-20)22-15-27-23-9-5-4-8-21(22)23/h4-5,8-13,15,17,20,27H,6-7,14,16H2,1-3H3,(H,28,33)/t17-,20+/m0/s1. The highest BCUT2D eigenvalue weighted by molar-refractivity contribution is 8.00. The number of nitrogens with zero attached hydrogens (tertiary/aromatic N) is 4. The van der Waals surface area contributed by atoms with Crippen LogP contribution in [0.15, 0.2) is 59.9 Å². The lowest BCUT2D eigenvalue weighted by Crippen LogP contribution is -2.23. The molecule has 1 aliphatic heterocycles. The molecule has 1 fully saturated rings. The molecular weight excluding hydrogens is 460 g/mol. The number of rotatable bonds is 8. The highest BCUT2D eigenvalue weighted by Crippen LogP contribution is 2.32. The number of benzene rings is 2. The maximum absolute atomic E-state index is 13.0. The number of aromatic amines is 1. The van der Waals surface area contributed by atoms with Gasteiger partial charge in [-0.15, -0.1) is 10.2 Å². The van der Waals surface area contributed by atoms with Crippen molar-refractivity contribution < 1.29 is 9.53 Å². The Balaban J connectivity index is 1.38. The van der Waals surface area contributed by atoms with E-state index in [9.17, 15) is 4.79 Å². The van der Waals surface area contributed by atoms with Gasteiger partial charge < -0.3 is 19.9 Å². The van der Waals surface area contributed by atoms with Gasteiger partial charge in [0.25, 0.3) is 0 Å². The number of ether oxygens (including phenoxy) is 1. The predicted octanol–water partition coefficient (Wildman–Crippen LogP) is 4.79. The van der Waals surface area contributed by atoms with Gasteiger partial charge in [0.2, 0.25) is 5.91 Å². The minimum absolute atomic E-state index is 0.0760. The number of amides is 1. The maximum atomic E-state index is 13.0. The van der Waals surface area contributed by atoms with Crippen molar-refractivity contribution in [3.63, 3.8) is 0 Å². The number of hydrogen-bond donors (Lipinski definition) is 2. The van der Waals surface area contributed by atoms with Crippen LogP contribution in [0.25, 0.3) is 22.3 Å². The van der Waals surface area contributed by atoms with E-state index in [-0.39, 0.29) is 17.3 Å². The largest absolute Gasteiger partial charge is 0.378 e. The van der Waals surface area contributed by atoms with E-state index in [1.54, 1.807) is 0 Å². The highest BCUT2D eigenvalue weighted by atomic mass is 32.2. The maximum Gasteiger partial charge on any atom is 0.237 e. The molecule has 0 aliphatic carbocycles. The summed E-state index contributed by atoms with van der Waals surface area (Å²) in [7, 11) is 3.98. The molecule has 35 heavy (non-hydrogen) atoms. The zero-order valence-electron chi connectivity index (χ0n) is 20.2. The van der Waals surface area contributed by atoms with E-state index in [0.29, 0.717) is 11.7 Å². The summed E-state index contributed by atoms with van der Waals surface area (Å²) in [6.45, 7) is 3.33. The molecule has 2 N–H and O–H groups in total. The van der Waals surface area contributed by atoms with Crippen molar-refractivity contribution in [1.82, 2.24) is 19.7 Å². The average molecular weight is 491 g/mol. The fourth-order valence-electron chi connectivity index (χ4n) is 4.29. The first kappa shape index (κ1) is 23.4. The Morgan fingerprint density at radius 3 is 2.77 bits per heavy atom. The second-order valence-corrected chi connectivity index (χ2v) is 10.3. The number of carbonyl (C=O) groups is 1. The third kappa shape index (κ3) is 5.06. The fourth-order valence-corrected chi connectivity index (χ4v) is 5.15. The van der Waals surface area contributed by atoms with Crippen molar-refractivity contribution in [3.8, 4) is 11.4 Å². The molecule has 1 amide bonds. The second kappa shape index (κ2) is 10.1. The topological polar surface area (TPSA) is 88.1 Å². The Hall–Kier alpha value is -3.30. The zero-order valence-corrected chi connectivity index (χ0v) is 21.0. The van der Waals surface area contributed by atoms with Gasteiger partial charge in [-0.25, -0.2) is 0 Å². The number of thioether (sulfide) groups is 1. The minimum atomic E-state index is -0.355. The van der Waals surface area contributed by atoms with Crippen molar-refractivity contribution in [2.45, 2.75) is 42.8 Å². The quantitative estimate of drug-likeness (QED) is 0.345. The predicted molar refractivity (Wildman–Crippen MR) is 141 cm³/mol. The van der Waals surface area contributed by atoms with E-state index in [2.05, 4.69) is 31.1 Å². The first-order valence-corrected chi connectivity index (χ1v) is 12.7. The lowest BCUT2D eigenvalue weighted by Gasteiger charge is -2.17. The van der Waals surface area contributed by atoms with Crippen LogP contribution in [0.4, 0.5) is 11.4 Å². The lowest BCUT2D eigenvalue weighted by atomic mass is 10.1. The summed E-state index contributed by atoms with van der Waals surface area (Å²) < 4.78 is 8.03. The van der Waals surface area contributed by atoms with Crippen LogP contribution in [0.3, 0.4) is 0 Å². The summed E-state index contributed by atoms with van der Waals surface area (Å²) in [6, 6.07) is 16.0. The molecule has 0 spiro atoms. The number of fused-ring (bicyclic) bond motifs is 1. The van der Waals surface area contributed by atoms with Gasteiger partial charge >= 0.3 is 0 Å². The van der Waals surface area contributed by atoms with Gasteiger partial charge in [-0.2, -0.15) is 0 Å². The second-order valence-electron chi connectivity index (χ2n) is 8.99. The Morgan fingerprint density at radius 2 is 2.03 bits per heavy atom. The molecule has 2 aromatic heterocycles. The van der Waals surface area contributed by atoms with E-state index in [1.165, 1.54) is 11.8 Å². The van der Waals surface area contributed by atoms with Gasteiger partial charge in [-0.1, -0.05) is 30.0 Å². The SMILES string of the molecule is C[C@H](Sc1nnc(-c2c[nH]c3ccccc23)n1C[C@H]1CCCO1)C(=O)Nc1ccc(N(C)C)cc1. The Labute approximate surface area is 209 Å². The van der Waals surface area contributed by atoms with E-state index in [0.717, 1.165) is 53.1 Å². The summed E-state index contributed by atoms with van der Waals surface area (Å²) in [5.74, 6) is 0.709. The first-order chi connectivity index (χ1) is 17.0. The molecule has 1 saturated heterocycles. The number of anilines is 2. The van der Waals surface area contributed by atoms with Crippen molar-refractivity contribution >= 4 is 39.9 Å². The normalized spacial score (nSPS) is 16.5. The molecule has 2 aromatic carbocycles. The molecule has 0 saturated carbocycles. The third-order valence-corrected chi connectivity index (χ3v) is 7.34. The molecule has 182 valence electrons. The van der Waals surface area contributed by atoms with Gasteiger partial charge in [-0.05, 0) is 50.1 Å². The van der Waals surface area contributed by atoms with Gasteiger partial charge in [0.15, 0.2) is 11.0 Å². The lowest BCUT2D eigenvalue weighted by molar-refractivity contribution is -0.115. The first-order valence-electron chi connectivity index (χ1n) is 11.9. The number of H-pyrrole nitrogens is 1. The Kier molecular flexibility index (Phi) is 6.79. The number of para-hydroxylation sites is 1. The van der Waals surface area contributed by atoms with Gasteiger partial charge in [0.1, 0.15) is 0 Å². The summed E-state index contributed by atoms with van der Waals surface area (Å²) in [5.41, 5.74) is 3.90. The molecule has 0 unspecified atom stereocenters. The summed E-state index contributed by atoms with van der Waals surface area (Å²) in [4.78, 5) is 18.3. The summed E-state index contributed by atoms with van der Waals surface area (Å²) in [5, 5.41) is 13.5. The van der Waals surface area contributed by atoms with Gasteiger partial charge in [0, 0.05) is 54.7 Å². The van der Waals surface area contributed by atoms with Crippen LogP contribution in [0.2, 0.25) is 0 Å². The van der Waals surface area contributed by atoms with E-state index >= 15 is 0 Å². The van der Waals surface area contributed by atoms with Crippen molar-refractivity contribution in [2.75, 3.05) is 30.9 Å². The minimum Gasteiger partial charge on any atom is -0.378 e. The molecule has 3 heterocycles. The summed E-state index contributed by atoms with van der Waals surface area (Å²) in [6.07, 6.45) is 4.16. The van der Waals surface area contributed by atoms with Gasteiger partial charge in [-0.3, -0.25) is 9.36 Å². The molecule has 2 atom stereocenters. The van der Waals surface area contributed by atoms with Crippen LogP contribution >= 0.6 is 11.8 Å². The van der Waals surface area contributed by atoms with Crippen LogP contribution in [-0.2, 0) is 16.1 Å². The molecule has 4 aromatic rings. The zero-order chi connectivity index (χ0) is 24.4. The van der Waals surface area contributed by atoms with E-state index in [4.69, 9.17) is 4.74 Å². The summed E-state index contributed by atoms with van der Waals surface area (Å²) >= 11 is 1.42. The smallest absolute Gasteiger partial charge is 0.237 e. The molecule has 1 aliphatic rings. The fraction of sp³-hybridized carbons (Fsp3) is 0.346. The van der Waals surface area contributed by atoms with E-state index in [1.807, 2.05) is 74.6 Å². The van der Waals surface area contributed by atoms with Crippen LogP contribution < -0.4 is 10.2 Å². The number of nitrogens with one attached hydrogen (secondary N) is 2. The molecule has 0 bridgehead atoms. The Morgan fingerprint density at radius 1 is 1.23 bits per heavy atom. The monoisotopic (exact) mass is 490 g/mol. The molecule has 5 rings (SSSR count). The van der Waals surface area contributed by atoms with Crippen LogP contribution in [0, 0.1) is 0 Å². The average Bonchev–Trinajstić information content (AvgIpc) is 3.60. The van der Waals surface area contributed by atoms with Crippen LogP contribution in [-0.4, -0.2) is 57.7 Å². The number of carbonyl (C=O) groups excluding carboxylic acids is 1. The number of aromatic nitrogens is 4. The van der Waals surface area contributed by atoms with Crippen molar-refractivity contribution in [1.29, 1.82) is 0 Å². The Bertz CT molecular complexity index is 1310. The molecular formula is C26H30N6O2S. The molecule has 0 radical (unpaired) electrons. The van der Waals surface area contributed by atoms with Crippen molar-refractivity contribution in [2.24, 2.45) is 0 Å². The van der Waals surface area contributed by atoms with Gasteiger partial charge in [0.05, 0.1) is 17.9 Å². The van der Waals surface area contributed by atoms with Crippen LogP contribution in [0.1, 0.15) is 19.8 Å². The third-order valence-electron chi connectivity index (χ3n) is 6.26.